The topological polar surface area (TPSA) is 35.2 Å². The standard InChI is InChI=1S/C7H9NOS/c8-9-10-6-7-4-2-1-3-5-7/h1-5H,6,8H2. The molecular weight excluding hydrogens is 146 g/mol. The minimum absolute atomic E-state index is 0.803. The highest BCUT2D eigenvalue weighted by Gasteiger charge is 1.89. The van der Waals surface area contributed by atoms with Crippen molar-refractivity contribution in [3.8, 4) is 0 Å². The van der Waals surface area contributed by atoms with Gasteiger partial charge >= 0.3 is 0 Å². The van der Waals surface area contributed by atoms with Gasteiger partial charge in [-0.3, -0.25) is 0 Å². The average molecular weight is 155 g/mol. The van der Waals surface area contributed by atoms with Crippen LogP contribution < -0.4 is 5.90 Å². The summed E-state index contributed by atoms with van der Waals surface area (Å²) in [4.78, 5) is 0. The Balaban J connectivity index is 2.43. The van der Waals surface area contributed by atoms with Gasteiger partial charge in [0.25, 0.3) is 0 Å². The number of benzene rings is 1. The first-order valence-electron chi connectivity index (χ1n) is 2.96. The summed E-state index contributed by atoms with van der Waals surface area (Å²) in [6.45, 7) is 0. The Labute approximate surface area is 64.5 Å². The monoisotopic (exact) mass is 155 g/mol. The van der Waals surface area contributed by atoms with Crippen LogP contribution >= 0.6 is 12.0 Å². The maximum absolute atomic E-state index is 4.84. The molecule has 0 atom stereocenters. The Morgan fingerprint density at radius 1 is 1.30 bits per heavy atom. The van der Waals surface area contributed by atoms with E-state index in [1.807, 2.05) is 30.3 Å². The smallest absolute Gasteiger partial charge is 0.0468 e. The Morgan fingerprint density at radius 2 is 2.00 bits per heavy atom. The van der Waals surface area contributed by atoms with Gasteiger partial charge in [-0.25, -0.2) is 10.2 Å². The lowest BCUT2D eigenvalue weighted by Crippen LogP contribution is -1.88. The van der Waals surface area contributed by atoms with Gasteiger partial charge in [0.05, 0.1) is 0 Å². The number of nitrogens with two attached hydrogens (primary N) is 1. The fourth-order valence-electron chi connectivity index (χ4n) is 0.676. The van der Waals surface area contributed by atoms with Gasteiger partial charge in [-0.05, 0) is 5.56 Å². The molecule has 2 N–H and O–H groups in total. The van der Waals surface area contributed by atoms with Crippen molar-refractivity contribution in [2.24, 2.45) is 5.90 Å². The predicted octanol–water partition coefficient (Wildman–Crippen LogP) is 1.73. The van der Waals surface area contributed by atoms with Crippen molar-refractivity contribution in [3.63, 3.8) is 0 Å². The van der Waals surface area contributed by atoms with E-state index in [4.69, 9.17) is 5.90 Å². The lowest BCUT2D eigenvalue weighted by Gasteiger charge is -1.95. The van der Waals surface area contributed by atoms with E-state index < -0.39 is 0 Å². The summed E-state index contributed by atoms with van der Waals surface area (Å²) in [5, 5.41) is 0. The van der Waals surface area contributed by atoms with Gasteiger partial charge in [-0.1, -0.05) is 30.3 Å². The van der Waals surface area contributed by atoms with E-state index in [1.54, 1.807) is 0 Å². The molecule has 0 radical (unpaired) electrons. The van der Waals surface area contributed by atoms with Crippen LogP contribution in [0, 0.1) is 0 Å². The summed E-state index contributed by atoms with van der Waals surface area (Å²) in [6.07, 6.45) is 0. The quantitative estimate of drug-likeness (QED) is 0.533. The third-order valence-corrected chi connectivity index (χ3v) is 1.72. The second kappa shape index (κ2) is 4.33. The van der Waals surface area contributed by atoms with Crippen LogP contribution in [0.25, 0.3) is 0 Å². The number of hydrogen-bond acceptors (Lipinski definition) is 3. The van der Waals surface area contributed by atoms with Gasteiger partial charge in [-0.2, -0.15) is 0 Å². The van der Waals surface area contributed by atoms with E-state index >= 15 is 0 Å². The molecular formula is C7H9NOS. The van der Waals surface area contributed by atoms with Crippen molar-refractivity contribution in [3.05, 3.63) is 35.9 Å². The zero-order chi connectivity index (χ0) is 7.23. The Morgan fingerprint density at radius 3 is 2.60 bits per heavy atom. The van der Waals surface area contributed by atoms with Crippen molar-refractivity contribution in [2.75, 3.05) is 0 Å². The molecule has 0 aliphatic carbocycles. The van der Waals surface area contributed by atoms with Crippen LogP contribution in [-0.4, -0.2) is 0 Å². The first-order chi connectivity index (χ1) is 4.93. The first kappa shape index (κ1) is 7.60. The summed E-state index contributed by atoms with van der Waals surface area (Å²) in [5.74, 6) is 5.64. The van der Waals surface area contributed by atoms with E-state index in [-0.39, 0.29) is 0 Å². The Kier molecular flexibility index (Phi) is 3.29. The van der Waals surface area contributed by atoms with Crippen molar-refractivity contribution >= 4 is 12.0 Å². The van der Waals surface area contributed by atoms with Crippen LogP contribution in [0.1, 0.15) is 5.56 Å². The van der Waals surface area contributed by atoms with Crippen LogP contribution in [0.5, 0.6) is 0 Å². The summed E-state index contributed by atoms with van der Waals surface area (Å²) in [6, 6.07) is 10.0. The molecule has 0 bridgehead atoms. The molecule has 0 amide bonds. The summed E-state index contributed by atoms with van der Waals surface area (Å²) in [5.41, 5.74) is 1.22. The second-order valence-electron chi connectivity index (χ2n) is 1.84. The highest BCUT2D eigenvalue weighted by Crippen LogP contribution is 2.09. The largest absolute Gasteiger partial charge is 0.234 e. The third kappa shape index (κ3) is 2.39. The molecule has 1 aromatic carbocycles. The lowest BCUT2D eigenvalue weighted by atomic mass is 10.2. The van der Waals surface area contributed by atoms with E-state index in [0.717, 1.165) is 5.75 Å². The van der Waals surface area contributed by atoms with Crippen LogP contribution in [0.3, 0.4) is 0 Å². The van der Waals surface area contributed by atoms with E-state index in [1.165, 1.54) is 17.6 Å². The SMILES string of the molecule is NOSCc1ccccc1. The van der Waals surface area contributed by atoms with Crippen molar-refractivity contribution in [1.29, 1.82) is 0 Å². The molecule has 0 saturated heterocycles. The lowest BCUT2D eigenvalue weighted by molar-refractivity contribution is 0.398. The zero-order valence-electron chi connectivity index (χ0n) is 5.49. The van der Waals surface area contributed by atoms with Gasteiger partial charge in [-0.15, -0.1) is 0 Å². The molecule has 0 heterocycles. The Hall–Kier alpha value is -0.510. The van der Waals surface area contributed by atoms with Crippen LogP contribution in [-0.2, 0) is 10.0 Å². The van der Waals surface area contributed by atoms with Gasteiger partial charge in [0.15, 0.2) is 0 Å². The second-order valence-corrected chi connectivity index (χ2v) is 2.56. The van der Waals surface area contributed by atoms with E-state index in [2.05, 4.69) is 4.28 Å². The molecule has 1 aromatic rings. The fraction of sp³-hybridized carbons (Fsp3) is 0.143. The molecule has 1 rings (SSSR count). The molecule has 0 unspecified atom stereocenters. The molecule has 10 heavy (non-hydrogen) atoms. The summed E-state index contributed by atoms with van der Waals surface area (Å²) in [7, 11) is 0. The van der Waals surface area contributed by atoms with Crippen molar-refractivity contribution < 1.29 is 4.28 Å². The highest BCUT2D eigenvalue weighted by molar-refractivity contribution is 7.93. The molecule has 0 aromatic heterocycles. The molecule has 0 aliphatic heterocycles. The molecule has 0 fully saturated rings. The summed E-state index contributed by atoms with van der Waals surface area (Å²) >= 11 is 1.24. The van der Waals surface area contributed by atoms with Crippen LogP contribution in [0.2, 0.25) is 0 Å². The van der Waals surface area contributed by atoms with Gasteiger partial charge in [0.2, 0.25) is 0 Å². The molecule has 54 valence electrons. The first-order valence-corrected chi connectivity index (χ1v) is 3.87. The van der Waals surface area contributed by atoms with Gasteiger partial charge in [0, 0.05) is 17.8 Å². The molecule has 2 nitrogen and oxygen atoms in total. The van der Waals surface area contributed by atoms with Crippen LogP contribution in [0.4, 0.5) is 0 Å². The zero-order valence-corrected chi connectivity index (χ0v) is 6.30. The van der Waals surface area contributed by atoms with E-state index in [9.17, 15) is 0 Å². The third-order valence-electron chi connectivity index (χ3n) is 1.14. The molecule has 0 saturated carbocycles. The number of rotatable bonds is 3. The van der Waals surface area contributed by atoms with Gasteiger partial charge in [0.1, 0.15) is 0 Å². The molecule has 0 spiro atoms. The number of hydrogen-bond donors (Lipinski definition) is 1. The maximum atomic E-state index is 4.84. The van der Waals surface area contributed by atoms with Crippen LogP contribution in [0.15, 0.2) is 30.3 Å². The highest BCUT2D eigenvalue weighted by atomic mass is 32.2. The fourth-order valence-corrected chi connectivity index (χ4v) is 1.07. The average Bonchev–Trinajstić information content (AvgIpc) is 2.03. The minimum Gasteiger partial charge on any atom is -0.234 e. The normalized spacial score (nSPS) is 9.70. The molecule has 3 heteroatoms. The predicted molar refractivity (Wildman–Crippen MR) is 43.0 cm³/mol. The van der Waals surface area contributed by atoms with Crippen molar-refractivity contribution in [1.82, 2.24) is 0 Å². The summed E-state index contributed by atoms with van der Waals surface area (Å²) < 4.78 is 4.36. The Bertz CT molecular complexity index is 178. The maximum Gasteiger partial charge on any atom is 0.0468 e. The molecule has 0 aliphatic rings. The van der Waals surface area contributed by atoms with Gasteiger partial charge < -0.3 is 0 Å². The van der Waals surface area contributed by atoms with E-state index in [0.29, 0.717) is 0 Å². The van der Waals surface area contributed by atoms with Crippen molar-refractivity contribution in [2.45, 2.75) is 5.75 Å². The minimum atomic E-state index is 0.803.